The number of aromatic nitrogens is 3. The molecule has 0 radical (unpaired) electrons. The van der Waals surface area contributed by atoms with Crippen LogP contribution in [0.15, 0.2) is 23.4 Å². The zero-order chi connectivity index (χ0) is 13.3. The summed E-state index contributed by atoms with van der Waals surface area (Å²) in [4.78, 5) is 4.21. The van der Waals surface area contributed by atoms with E-state index in [4.69, 9.17) is 22.5 Å². The number of hydrogen-bond acceptors (Lipinski definition) is 4. The molecule has 0 fully saturated rings. The monoisotopic (exact) mass is 265 g/mol. The second-order valence-corrected chi connectivity index (χ2v) is 4.17. The van der Waals surface area contributed by atoms with Crippen molar-refractivity contribution in [1.29, 1.82) is 0 Å². The van der Waals surface area contributed by atoms with E-state index in [2.05, 4.69) is 15.2 Å². The van der Waals surface area contributed by atoms with Crippen LogP contribution in [0, 0.1) is 13.8 Å². The molecule has 0 aliphatic rings. The Morgan fingerprint density at radius 2 is 2.17 bits per heavy atom. The Hall–Kier alpha value is -2.08. The number of oxime groups is 1. The molecule has 0 aliphatic heterocycles. The Morgan fingerprint density at radius 1 is 1.44 bits per heavy atom. The summed E-state index contributed by atoms with van der Waals surface area (Å²) in [5.41, 5.74) is 6.74. The van der Waals surface area contributed by atoms with Gasteiger partial charge in [-0.05, 0) is 32.0 Å². The van der Waals surface area contributed by atoms with Gasteiger partial charge in [-0.25, -0.2) is 9.67 Å². The maximum Gasteiger partial charge on any atom is 0.171 e. The molecule has 3 N–H and O–H groups in total. The van der Waals surface area contributed by atoms with Gasteiger partial charge in [-0.15, -0.1) is 0 Å². The number of hydrogen-bond donors (Lipinski definition) is 2. The molecule has 18 heavy (non-hydrogen) atoms. The van der Waals surface area contributed by atoms with E-state index in [-0.39, 0.29) is 5.84 Å². The van der Waals surface area contributed by atoms with E-state index in [1.165, 1.54) is 0 Å². The Labute approximate surface area is 109 Å². The third kappa shape index (κ3) is 2.14. The normalized spacial score (nSPS) is 11.8. The highest BCUT2D eigenvalue weighted by atomic mass is 35.5. The molecule has 0 atom stereocenters. The molecule has 0 saturated carbocycles. The number of nitrogens with zero attached hydrogens (tertiary/aromatic N) is 4. The lowest BCUT2D eigenvalue weighted by molar-refractivity contribution is 0.318. The first-order chi connectivity index (χ1) is 8.52. The smallest absolute Gasteiger partial charge is 0.171 e. The minimum absolute atomic E-state index is 0.0296. The van der Waals surface area contributed by atoms with Crippen molar-refractivity contribution in [3.05, 3.63) is 40.4 Å². The molecule has 7 heteroatoms. The van der Waals surface area contributed by atoms with Crippen molar-refractivity contribution in [2.75, 3.05) is 0 Å². The molecule has 0 spiro atoms. The van der Waals surface area contributed by atoms with Crippen LogP contribution >= 0.6 is 11.6 Å². The van der Waals surface area contributed by atoms with Crippen LogP contribution in [0.5, 0.6) is 0 Å². The molecular formula is C11H12ClN5O. The molecule has 94 valence electrons. The predicted molar refractivity (Wildman–Crippen MR) is 68.4 cm³/mol. The second kappa shape index (κ2) is 4.66. The highest BCUT2D eigenvalue weighted by Crippen LogP contribution is 2.20. The van der Waals surface area contributed by atoms with E-state index in [0.29, 0.717) is 16.4 Å². The number of rotatable bonds is 2. The Balaban J connectivity index is 2.50. The number of halogens is 1. The van der Waals surface area contributed by atoms with Gasteiger partial charge in [0.2, 0.25) is 0 Å². The summed E-state index contributed by atoms with van der Waals surface area (Å²) in [7, 11) is 0. The van der Waals surface area contributed by atoms with Gasteiger partial charge >= 0.3 is 0 Å². The lowest BCUT2D eigenvalue weighted by Crippen LogP contribution is -2.14. The van der Waals surface area contributed by atoms with Crippen LogP contribution in [-0.4, -0.2) is 25.8 Å². The van der Waals surface area contributed by atoms with Crippen LogP contribution in [0.3, 0.4) is 0 Å². The first kappa shape index (κ1) is 12.4. The summed E-state index contributed by atoms with van der Waals surface area (Å²) >= 11 is 6.08. The summed E-state index contributed by atoms with van der Waals surface area (Å²) in [5.74, 6) is 1.42. The molecule has 0 unspecified atom stereocenters. The topological polar surface area (TPSA) is 89.3 Å². The molecule has 0 aliphatic carbocycles. The SMILES string of the molecule is Cc1nc(C)n(-c2ccc(C(N)=NO)c(Cl)c2)n1. The maximum absolute atomic E-state index is 8.62. The number of aryl methyl sites for hydroxylation is 2. The van der Waals surface area contributed by atoms with Crippen LogP contribution in [0.2, 0.25) is 5.02 Å². The van der Waals surface area contributed by atoms with Gasteiger partial charge in [0.15, 0.2) is 5.84 Å². The van der Waals surface area contributed by atoms with E-state index in [9.17, 15) is 0 Å². The Kier molecular flexibility index (Phi) is 3.20. The van der Waals surface area contributed by atoms with E-state index in [1.54, 1.807) is 22.9 Å². The molecule has 0 bridgehead atoms. The quantitative estimate of drug-likeness (QED) is 0.374. The van der Waals surface area contributed by atoms with Crippen LogP contribution in [0.1, 0.15) is 17.2 Å². The van der Waals surface area contributed by atoms with Crippen molar-refractivity contribution in [1.82, 2.24) is 14.8 Å². The fraction of sp³-hybridized carbons (Fsp3) is 0.182. The largest absolute Gasteiger partial charge is 0.409 e. The lowest BCUT2D eigenvalue weighted by Gasteiger charge is -2.06. The molecule has 1 aromatic heterocycles. The summed E-state index contributed by atoms with van der Waals surface area (Å²) < 4.78 is 1.68. The molecule has 1 aromatic carbocycles. The lowest BCUT2D eigenvalue weighted by atomic mass is 10.2. The van der Waals surface area contributed by atoms with Crippen LogP contribution in [-0.2, 0) is 0 Å². The minimum Gasteiger partial charge on any atom is -0.409 e. The zero-order valence-corrected chi connectivity index (χ0v) is 10.7. The highest BCUT2D eigenvalue weighted by Gasteiger charge is 2.10. The number of amidine groups is 1. The van der Waals surface area contributed by atoms with Gasteiger partial charge in [-0.1, -0.05) is 16.8 Å². The standard InChI is InChI=1S/C11H12ClN5O/c1-6-14-7(2)17(15-6)8-3-4-9(10(12)5-8)11(13)16-18/h3-5,18H,1-2H3,(H2,13,16). The number of nitrogens with two attached hydrogens (primary N) is 1. The summed E-state index contributed by atoms with van der Waals surface area (Å²) in [6.45, 7) is 3.67. The van der Waals surface area contributed by atoms with Crippen molar-refractivity contribution in [3.63, 3.8) is 0 Å². The maximum atomic E-state index is 8.62. The molecule has 1 heterocycles. The average molecular weight is 266 g/mol. The van der Waals surface area contributed by atoms with Crippen molar-refractivity contribution in [2.24, 2.45) is 10.9 Å². The van der Waals surface area contributed by atoms with Crippen molar-refractivity contribution in [3.8, 4) is 5.69 Å². The van der Waals surface area contributed by atoms with E-state index >= 15 is 0 Å². The van der Waals surface area contributed by atoms with Crippen LogP contribution < -0.4 is 5.73 Å². The molecule has 0 amide bonds. The first-order valence-electron chi connectivity index (χ1n) is 5.21. The van der Waals surface area contributed by atoms with Gasteiger partial charge in [-0.3, -0.25) is 0 Å². The van der Waals surface area contributed by atoms with E-state index in [1.807, 2.05) is 13.8 Å². The van der Waals surface area contributed by atoms with Crippen LogP contribution in [0.4, 0.5) is 0 Å². The minimum atomic E-state index is -0.0296. The average Bonchev–Trinajstić information content (AvgIpc) is 2.67. The van der Waals surface area contributed by atoms with Gasteiger partial charge in [-0.2, -0.15) is 5.10 Å². The Bertz CT molecular complexity index is 620. The highest BCUT2D eigenvalue weighted by molar-refractivity contribution is 6.34. The van der Waals surface area contributed by atoms with Crippen molar-refractivity contribution >= 4 is 17.4 Å². The van der Waals surface area contributed by atoms with Gasteiger partial charge < -0.3 is 10.9 Å². The van der Waals surface area contributed by atoms with Gasteiger partial charge in [0.05, 0.1) is 10.7 Å². The molecule has 0 saturated heterocycles. The van der Waals surface area contributed by atoms with Crippen molar-refractivity contribution < 1.29 is 5.21 Å². The van der Waals surface area contributed by atoms with Gasteiger partial charge in [0.1, 0.15) is 11.6 Å². The summed E-state index contributed by atoms with van der Waals surface area (Å²) in [6, 6.07) is 5.14. The molecule has 6 nitrogen and oxygen atoms in total. The fourth-order valence-electron chi connectivity index (χ4n) is 1.66. The summed E-state index contributed by atoms with van der Waals surface area (Å²) in [5, 5.41) is 16.2. The molecular weight excluding hydrogens is 254 g/mol. The second-order valence-electron chi connectivity index (χ2n) is 3.77. The predicted octanol–water partition coefficient (Wildman–Crippen LogP) is 1.63. The third-order valence-corrected chi connectivity index (χ3v) is 2.77. The molecule has 2 aromatic rings. The van der Waals surface area contributed by atoms with E-state index < -0.39 is 0 Å². The third-order valence-electron chi connectivity index (χ3n) is 2.46. The van der Waals surface area contributed by atoms with Crippen molar-refractivity contribution in [2.45, 2.75) is 13.8 Å². The molecule has 2 rings (SSSR count). The van der Waals surface area contributed by atoms with Gasteiger partial charge in [0.25, 0.3) is 0 Å². The zero-order valence-electron chi connectivity index (χ0n) is 9.92. The first-order valence-corrected chi connectivity index (χ1v) is 5.59. The fourth-order valence-corrected chi connectivity index (χ4v) is 1.93. The van der Waals surface area contributed by atoms with Crippen LogP contribution in [0.25, 0.3) is 5.69 Å². The number of benzene rings is 1. The Morgan fingerprint density at radius 3 is 2.67 bits per heavy atom. The van der Waals surface area contributed by atoms with E-state index in [0.717, 1.165) is 11.5 Å². The summed E-state index contributed by atoms with van der Waals surface area (Å²) in [6.07, 6.45) is 0. The van der Waals surface area contributed by atoms with Gasteiger partial charge in [0, 0.05) is 5.56 Å².